The molecule has 4 heteroatoms. The van der Waals surface area contributed by atoms with Crippen molar-refractivity contribution in [3.05, 3.63) is 46.6 Å². The van der Waals surface area contributed by atoms with Gasteiger partial charge in [-0.25, -0.2) is 0 Å². The predicted octanol–water partition coefficient (Wildman–Crippen LogP) is 2.71. The van der Waals surface area contributed by atoms with E-state index in [1.807, 2.05) is 12.1 Å². The molecule has 0 unspecified atom stereocenters. The van der Waals surface area contributed by atoms with Crippen molar-refractivity contribution >= 4 is 15.9 Å². The molecule has 0 spiro atoms. The van der Waals surface area contributed by atoms with E-state index in [1.165, 1.54) is 5.69 Å². The molecule has 1 N–H and O–H groups in total. The van der Waals surface area contributed by atoms with Crippen molar-refractivity contribution in [2.75, 3.05) is 6.54 Å². The van der Waals surface area contributed by atoms with Crippen LogP contribution >= 0.6 is 15.9 Å². The van der Waals surface area contributed by atoms with Crippen LogP contribution in [0.25, 0.3) is 0 Å². The van der Waals surface area contributed by atoms with Crippen molar-refractivity contribution in [2.24, 2.45) is 7.05 Å². The van der Waals surface area contributed by atoms with Gasteiger partial charge in [-0.2, -0.15) is 0 Å². The van der Waals surface area contributed by atoms with E-state index in [1.54, 1.807) is 0 Å². The molecule has 16 heavy (non-hydrogen) atoms. The average Bonchev–Trinajstić information content (AvgIpc) is 2.83. The molecule has 0 fully saturated rings. The molecule has 3 nitrogen and oxygen atoms in total. The quantitative estimate of drug-likeness (QED) is 0.855. The Kier molecular flexibility index (Phi) is 3.85. The molecule has 2 rings (SSSR count). The Labute approximate surface area is 104 Å². The third kappa shape index (κ3) is 3.00. The minimum Gasteiger partial charge on any atom is -0.454 e. The third-order valence-corrected chi connectivity index (χ3v) is 2.96. The molecule has 0 saturated carbocycles. The van der Waals surface area contributed by atoms with Crippen LogP contribution in [0.1, 0.15) is 11.5 Å². The van der Waals surface area contributed by atoms with Gasteiger partial charge in [0.05, 0.1) is 0 Å². The Hall–Kier alpha value is -1.000. The van der Waals surface area contributed by atoms with Gasteiger partial charge in [-0.05, 0) is 40.2 Å². The van der Waals surface area contributed by atoms with Crippen LogP contribution in [0.2, 0.25) is 0 Å². The van der Waals surface area contributed by atoms with Crippen molar-refractivity contribution in [1.82, 2.24) is 9.88 Å². The van der Waals surface area contributed by atoms with Gasteiger partial charge in [0.1, 0.15) is 5.76 Å². The van der Waals surface area contributed by atoms with E-state index in [-0.39, 0.29) is 0 Å². The summed E-state index contributed by atoms with van der Waals surface area (Å²) in [6, 6.07) is 8.10. The molecule has 0 aliphatic heterocycles. The molecular formula is C12H15BrN2O. The third-order valence-electron chi connectivity index (χ3n) is 2.53. The summed E-state index contributed by atoms with van der Waals surface area (Å²) in [5, 5.41) is 3.39. The highest BCUT2D eigenvalue weighted by Gasteiger charge is 2.00. The van der Waals surface area contributed by atoms with Crippen LogP contribution in [0.5, 0.6) is 0 Å². The van der Waals surface area contributed by atoms with Gasteiger partial charge in [0.15, 0.2) is 4.67 Å². The van der Waals surface area contributed by atoms with Crippen LogP contribution in [0, 0.1) is 0 Å². The number of rotatable bonds is 5. The van der Waals surface area contributed by atoms with Gasteiger partial charge in [-0.3, -0.25) is 0 Å². The van der Waals surface area contributed by atoms with E-state index < -0.39 is 0 Å². The van der Waals surface area contributed by atoms with Gasteiger partial charge < -0.3 is 14.3 Å². The number of aromatic nitrogens is 1. The number of halogens is 1. The minimum atomic E-state index is 0.796. The minimum absolute atomic E-state index is 0.796. The maximum absolute atomic E-state index is 5.42. The molecule has 0 aromatic carbocycles. The van der Waals surface area contributed by atoms with Gasteiger partial charge in [-0.15, -0.1) is 0 Å². The van der Waals surface area contributed by atoms with Gasteiger partial charge >= 0.3 is 0 Å². The molecule has 2 aromatic rings. The smallest absolute Gasteiger partial charge is 0.169 e. The Bertz CT molecular complexity index is 447. The lowest BCUT2D eigenvalue weighted by atomic mass is 10.3. The SMILES string of the molecule is Cn1cccc1CNCCc1ccc(Br)o1. The largest absolute Gasteiger partial charge is 0.454 e. The topological polar surface area (TPSA) is 30.1 Å². The molecule has 86 valence electrons. The second-order valence-electron chi connectivity index (χ2n) is 3.74. The van der Waals surface area contributed by atoms with E-state index in [0.717, 1.165) is 29.9 Å². The summed E-state index contributed by atoms with van der Waals surface area (Å²) < 4.78 is 8.33. The molecule has 0 aliphatic carbocycles. The van der Waals surface area contributed by atoms with Crippen LogP contribution in [-0.2, 0) is 20.0 Å². The molecule has 0 radical (unpaired) electrons. The normalized spacial score (nSPS) is 10.9. The molecule has 0 atom stereocenters. The predicted molar refractivity (Wildman–Crippen MR) is 67.2 cm³/mol. The standard InChI is InChI=1S/C12H15BrN2O/c1-15-8-2-3-10(15)9-14-7-6-11-4-5-12(13)16-11/h2-5,8,14H,6-7,9H2,1H3. The van der Waals surface area contributed by atoms with Crippen LogP contribution in [0.15, 0.2) is 39.5 Å². The summed E-state index contributed by atoms with van der Waals surface area (Å²) >= 11 is 3.29. The lowest BCUT2D eigenvalue weighted by Crippen LogP contribution is -2.18. The fourth-order valence-corrected chi connectivity index (χ4v) is 1.93. The summed E-state index contributed by atoms with van der Waals surface area (Å²) in [6.07, 6.45) is 2.97. The van der Waals surface area contributed by atoms with Crippen LogP contribution in [0.3, 0.4) is 0 Å². The summed E-state index contributed by atoms with van der Waals surface area (Å²) in [7, 11) is 2.06. The number of hydrogen-bond acceptors (Lipinski definition) is 2. The number of nitrogens with one attached hydrogen (secondary N) is 1. The number of hydrogen-bond donors (Lipinski definition) is 1. The zero-order valence-electron chi connectivity index (χ0n) is 9.24. The maximum Gasteiger partial charge on any atom is 0.169 e. The highest BCUT2D eigenvalue weighted by Crippen LogP contribution is 2.13. The Morgan fingerprint density at radius 1 is 1.38 bits per heavy atom. The zero-order chi connectivity index (χ0) is 11.4. The summed E-state index contributed by atoms with van der Waals surface area (Å²) in [4.78, 5) is 0. The molecule has 0 aliphatic rings. The van der Waals surface area contributed by atoms with Gasteiger partial charge in [-0.1, -0.05) is 0 Å². The average molecular weight is 283 g/mol. The second kappa shape index (κ2) is 5.37. The van der Waals surface area contributed by atoms with E-state index in [4.69, 9.17) is 4.42 Å². The second-order valence-corrected chi connectivity index (χ2v) is 4.52. The fourth-order valence-electron chi connectivity index (χ4n) is 1.59. The van der Waals surface area contributed by atoms with E-state index in [2.05, 4.69) is 51.2 Å². The lowest BCUT2D eigenvalue weighted by Gasteiger charge is -2.04. The number of nitrogens with zero attached hydrogens (tertiary/aromatic N) is 1. The van der Waals surface area contributed by atoms with Crippen LogP contribution in [-0.4, -0.2) is 11.1 Å². The van der Waals surface area contributed by atoms with Gasteiger partial charge in [0, 0.05) is 38.4 Å². The van der Waals surface area contributed by atoms with E-state index in [9.17, 15) is 0 Å². The fraction of sp³-hybridized carbons (Fsp3) is 0.333. The van der Waals surface area contributed by atoms with Gasteiger partial charge in [0.25, 0.3) is 0 Å². The van der Waals surface area contributed by atoms with Crippen molar-refractivity contribution in [3.63, 3.8) is 0 Å². The Morgan fingerprint density at radius 3 is 2.88 bits per heavy atom. The molecule has 2 heterocycles. The summed E-state index contributed by atoms with van der Waals surface area (Å²) in [5.74, 6) is 1.01. The first-order valence-electron chi connectivity index (χ1n) is 5.31. The molecular weight excluding hydrogens is 268 g/mol. The number of furan rings is 1. The zero-order valence-corrected chi connectivity index (χ0v) is 10.8. The van der Waals surface area contributed by atoms with E-state index >= 15 is 0 Å². The molecule has 0 amide bonds. The molecule has 2 aromatic heterocycles. The monoisotopic (exact) mass is 282 g/mol. The first-order valence-corrected chi connectivity index (χ1v) is 6.10. The van der Waals surface area contributed by atoms with Crippen molar-refractivity contribution in [1.29, 1.82) is 0 Å². The molecule has 0 saturated heterocycles. The highest BCUT2D eigenvalue weighted by molar-refractivity contribution is 9.10. The van der Waals surface area contributed by atoms with Gasteiger partial charge in [0.2, 0.25) is 0 Å². The highest BCUT2D eigenvalue weighted by atomic mass is 79.9. The summed E-state index contributed by atoms with van der Waals surface area (Å²) in [6.45, 7) is 1.82. The first-order chi connectivity index (χ1) is 7.75. The van der Waals surface area contributed by atoms with Crippen molar-refractivity contribution < 1.29 is 4.42 Å². The lowest BCUT2D eigenvalue weighted by molar-refractivity contribution is 0.478. The van der Waals surface area contributed by atoms with Crippen molar-refractivity contribution in [3.8, 4) is 0 Å². The van der Waals surface area contributed by atoms with Crippen LogP contribution in [0.4, 0.5) is 0 Å². The van der Waals surface area contributed by atoms with Crippen LogP contribution < -0.4 is 5.32 Å². The van der Waals surface area contributed by atoms with E-state index in [0.29, 0.717) is 0 Å². The Morgan fingerprint density at radius 2 is 2.25 bits per heavy atom. The maximum atomic E-state index is 5.42. The summed E-state index contributed by atoms with van der Waals surface area (Å²) in [5.41, 5.74) is 1.29. The number of aryl methyl sites for hydroxylation is 1. The van der Waals surface area contributed by atoms with Crippen molar-refractivity contribution in [2.45, 2.75) is 13.0 Å². The first kappa shape index (κ1) is 11.5. The Balaban J connectivity index is 1.71. The molecule has 0 bridgehead atoms.